The Morgan fingerprint density at radius 2 is 1.33 bits per heavy atom. The summed E-state index contributed by atoms with van der Waals surface area (Å²) in [4.78, 5) is 61.4. The number of hydrogen-bond acceptors (Lipinski definition) is 8. The summed E-state index contributed by atoms with van der Waals surface area (Å²) in [5.41, 5.74) is 12.4. The number of alkyl carbamates (subject to hydrolysis) is 2. The molecule has 6 aliphatic rings. The van der Waals surface area contributed by atoms with Crippen LogP contribution in [-0.4, -0.2) is 104 Å². The van der Waals surface area contributed by atoms with E-state index in [1.807, 2.05) is 36.8 Å². The zero-order chi connectivity index (χ0) is 42.8. The summed E-state index contributed by atoms with van der Waals surface area (Å²) in [5, 5.41) is 5.65. The van der Waals surface area contributed by atoms with Gasteiger partial charge in [-0.15, -0.1) is 0 Å². The van der Waals surface area contributed by atoms with Crippen LogP contribution in [0.3, 0.4) is 0 Å². The highest BCUT2D eigenvalue weighted by molar-refractivity contribution is 6.04. The second kappa shape index (κ2) is 18.4. The Hall–Kier alpha value is -5.23. The number of likely N-dealkylation sites (tertiary alicyclic amines) is 2. The van der Waals surface area contributed by atoms with Crippen molar-refractivity contribution in [3.05, 3.63) is 82.6 Å². The van der Waals surface area contributed by atoms with Crippen LogP contribution in [0.2, 0.25) is 0 Å². The molecule has 2 N–H and O–H groups in total. The quantitative estimate of drug-likeness (QED) is 0.234. The van der Waals surface area contributed by atoms with Gasteiger partial charge in [-0.1, -0.05) is 62.4 Å². The van der Waals surface area contributed by atoms with E-state index >= 15 is 0 Å². The van der Waals surface area contributed by atoms with E-state index in [-0.39, 0.29) is 41.8 Å². The molecule has 2 aliphatic carbocycles. The van der Waals surface area contributed by atoms with E-state index in [0.717, 1.165) is 79.3 Å². The van der Waals surface area contributed by atoms with Crippen LogP contribution in [-0.2, 0) is 23.8 Å². The number of allylic oxidation sites excluding steroid dienone is 4. The molecule has 6 atom stereocenters. The second-order valence-corrected chi connectivity index (χ2v) is 17.9. The van der Waals surface area contributed by atoms with Crippen LogP contribution in [0.25, 0.3) is 22.3 Å². The highest BCUT2D eigenvalue weighted by atomic mass is 16.5. The summed E-state index contributed by atoms with van der Waals surface area (Å²) in [7, 11) is 2.66. The third-order valence-corrected chi connectivity index (χ3v) is 13.9. The molecule has 2 aromatic rings. The molecule has 324 valence electrons. The smallest absolute Gasteiger partial charge is 0.407 e. The Morgan fingerprint density at radius 1 is 0.721 bits per heavy atom. The van der Waals surface area contributed by atoms with E-state index in [4.69, 9.17) is 19.2 Å². The van der Waals surface area contributed by atoms with Crippen LogP contribution in [0.5, 0.6) is 0 Å². The molecule has 2 aromatic carbocycles. The predicted molar refractivity (Wildman–Crippen MR) is 235 cm³/mol. The fraction of sp³-hybridized carbons (Fsp3) is 0.531. The number of nitrogens with one attached hydrogen (secondary N) is 2. The van der Waals surface area contributed by atoms with Gasteiger partial charge in [-0.3, -0.25) is 14.6 Å². The molecule has 4 aliphatic heterocycles. The van der Waals surface area contributed by atoms with Gasteiger partial charge in [0.05, 0.1) is 32.4 Å². The topological polar surface area (TPSA) is 139 Å². The van der Waals surface area contributed by atoms with Gasteiger partial charge in [-0.2, -0.15) is 0 Å². The number of carbonyl (C=O) groups excluding carboxylic acids is 4. The van der Waals surface area contributed by atoms with Gasteiger partial charge in [0.2, 0.25) is 11.8 Å². The molecule has 1 saturated carbocycles. The van der Waals surface area contributed by atoms with Crippen molar-refractivity contribution < 1.29 is 33.4 Å². The predicted octanol–water partition coefficient (Wildman–Crippen LogP) is 8.08. The standard InChI is InChI=1S/C49H61N5O7/c1-29(2)44(51-48(57)59-4)46(55)53-22-7-11-42(53)40-27-39(37-9-6-10-38(37)40)34-19-17-32(18-20-34)31-13-15-33(16-14-31)36-26-41(50-28-36)43-12-8-23-54(43)47(56)45(52-49(58)60-5)35-21-24-61-30(3)25-35/h13-20,28-30,35,42-45H,6-12,21-27H2,1-5H3,(H,51,57)(H,52,58)/t30?,35?,42?,43-,44-,45?/m0/s1. The van der Waals surface area contributed by atoms with Gasteiger partial charge in [0, 0.05) is 38.0 Å². The molecule has 0 bridgehead atoms. The minimum Gasteiger partial charge on any atom is -0.453 e. The zero-order valence-electron chi connectivity index (χ0n) is 36.3. The van der Waals surface area contributed by atoms with Crippen molar-refractivity contribution >= 4 is 40.9 Å². The van der Waals surface area contributed by atoms with E-state index in [0.29, 0.717) is 39.0 Å². The van der Waals surface area contributed by atoms with Crippen molar-refractivity contribution in [2.24, 2.45) is 16.8 Å². The summed E-state index contributed by atoms with van der Waals surface area (Å²) in [6, 6.07) is 16.3. The molecule has 4 fully saturated rings. The Bertz CT molecular complexity index is 2140. The van der Waals surface area contributed by atoms with Crippen LogP contribution >= 0.6 is 0 Å². The van der Waals surface area contributed by atoms with Crippen molar-refractivity contribution in [2.75, 3.05) is 33.9 Å². The molecule has 12 heteroatoms. The Labute approximate surface area is 359 Å². The van der Waals surface area contributed by atoms with Crippen molar-refractivity contribution in [3.8, 4) is 11.1 Å². The molecule has 61 heavy (non-hydrogen) atoms. The van der Waals surface area contributed by atoms with Crippen molar-refractivity contribution in [1.29, 1.82) is 0 Å². The summed E-state index contributed by atoms with van der Waals surface area (Å²) in [6.45, 7) is 7.83. The minimum atomic E-state index is -0.665. The number of amides is 4. The molecule has 0 radical (unpaired) electrons. The Balaban J connectivity index is 0.905. The Morgan fingerprint density at radius 3 is 1.98 bits per heavy atom. The highest BCUT2D eigenvalue weighted by Crippen LogP contribution is 2.50. The first-order valence-corrected chi connectivity index (χ1v) is 22.4. The molecule has 8 rings (SSSR count). The number of benzene rings is 2. The molecule has 4 heterocycles. The number of fused-ring (bicyclic) bond motifs is 1. The van der Waals surface area contributed by atoms with E-state index < -0.39 is 24.3 Å². The number of hydrogen-bond donors (Lipinski definition) is 2. The lowest BCUT2D eigenvalue weighted by Gasteiger charge is -2.36. The molecule has 0 spiro atoms. The van der Waals surface area contributed by atoms with Crippen LogP contribution in [0, 0.1) is 11.8 Å². The first-order chi connectivity index (χ1) is 29.5. The summed E-state index contributed by atoms with van der Waals surface area (Å²) in [6.07, 6.45) is 10.6. The molecule has 4 unspecified atom stereocenters. The maximum atomic E-state index is 14.1. The molecule has 3 saturated heterocycles. The van der Waals surface area contributed by atoms with Gasteiger partial charge in [0.1, 0.15) is 12.1 Å². The molecule has 0 aromatic heterocycles. The minimum absolute atomic E-state index is 0.0228. The zero-order valence-corrected chi connectivity index (χ0v) is 36.3. The fourth-order valence-electron chi connectivity index (χ4n) is 10.7. The third kappa shape index (κ3) is 8.78. The summed E-state index contributed by atoms with van der Waals surface area (Å²) >= 11 is 0. The fourth-order valence-corrected chi connectivity index (χ4v) is 10.7. The number of aliphatic imine (C=N–C) groups is 1. The molecular formula is C49H61N5O7. The average Bonchev–Trinajstić information content (AvgIpc) is 4.13. The van der Waals surface area contributed by atoms with Crippen LogP contribution < -0.4 is 10.6 Å². The second-order valence-electron chi connectivity index (χ2n) is 17.9. The summed E-state index contributed by atoms with van der Waals surface area (Å²) in [5.74, 6) is -0.171. The number of rotatable bonds is 11. The van der Waals surface area contributed by atoms with Crippen LogP contribution in [0.15, 0.2) is 76.4 Å². The van der Waals surface area contributed by atoms with Gasteiger partial charge < -0.3 is 34.6 Å². The number of nitrogens with zero attached hydrogens (tertiary/aromatic N) is 3. The van der Waals surface area contributed by atoms with Crippen LogP contribution in [0.4, 0.5) is 9.59 Å². The lowest BCUT2D eigenvalue weighted by molar-refractivity contribution is -0.136. The largest absolute Gasteiger partial charge is 0.453 e. The van der Waals surface area contributed by atoms with Crippen LogP contribution in [0.1, 0.15) is 103 Å². The highest BCUT2D eigenvalue weighted by Gasteiger charge is 2.43. The average molecular weight is 832 g/mol. The first kappa shape index (κ1) is 42.5. The van der Waals surface area contributed by atoms with E-state index in [1.54, 1.807) is 0 Å². The van der Waals surface area contributed by atoms with E-state index in [2.05, 4.69) is 59.2 Å². The van der Waals surface area contributed by atoms with Gasteiger partial charge in [0.25, 0.3) is 0 Å². The summed E-state index contributed by atoms with van der Waals surface area (Å²) < 4.78 is 15.5. The van der Waals surface area contributed by atoms with Gasteiger partial charge in [0.15, 0.2) is 0 Å². The monoisotopic (exact) mass is 831 g/mol. The third-order valence-electron chi connectivity index (χ3n) is 13.9. The van der Waals surface area contributed by atoms with E-state index in [9.17, 15) is 19.2 Å². The maximum absolute atomic E-state index is 14.1. The SMILES string of the molecule is COC(=O)NC(C(=O)N1CCC[C@H]1C1=NC=C(c2ccc(-c3ccc(C4=C5CCCC5=C(C5CCCN5C(=O)[C@@H](NC(=O)OC)C(C)C)C4)cc3)cc2)C1)C1CCOC(C)C1. The Kier molecular flexibility index (Phi) is 12.8. The van der Waals surface area contributed by atoms with Crippen molar-refractivity contribution in [3.63, 3.8) is 0 Å². The lowest BCUT2D eigenvalue weighted by Crippen LogP contribution is -2.55. The van der Waals surface area contributed by atoms with Crippen molar-refractivity contribution in [2.45, 2.75) is 122 Å². The number of methoxy groups -OCH3 is 2. The lowest BCUT2D eigenvalue weighted by atomic mass is 9.87. The first-order valence-electron chi connectivity index (χ1n) is 22.4. The number of carbonyl (C=O) groups is 4. The maximum Gasteiger partial charge on any atom is 0.407 e. The van der Waals surface area contributed by atoms with Gasteiger partial charge >= 0.3 is 12.2 Å². The van der Waals surface area contributed by atoms with E-state index in [1.165, 1.54) is 42.1 Å². The molecular weight excluding hydrogens is 771 g/mol. The molecule has 12 nitrogen and oxygen atoms in total. The van der Waals surface area contributed by atoms with Gasteiger partial charge in [-0.05, 0) is 133 Å². The molecule has 4 amide bonds. The number of ether oxygens (including phenoxy) is 3. The normalized spacial score (nSPS) is 24.8. The van der Waals surface area contributed by atoms with Gasteiger partial charge in [-0.25, -0.2) is 9.59 Å². The van der Waals surface area contributed by atoms with Crippen molar-refractivity contribution in [1.82, 2.24) is 20.4 Å².